The van der Waals surface area contributed by atoms with Crippen molar-refractivity contribution in [3.8, 4) is 11.3 Å². The number of primary amides is 1. The van der Waals surface area contributed by atoms with Gasteiger partial charge in [-0.25, -0.2) is 0 Å². The Bertz CT molecular complexity index is 1390. The first-order valence-corrected chi connectivity index (χ1v) is 12.2. The van der Waals surface area contributed by atoms with E-state index in [9.17, 15) is 9.59 Å². The van der Waals surface area contributed by atoms with E-state index in [1.54, 1.807) is 22.9 Å². The van der Waals surface area contributed by atoms with Gasteiger partial charge in [-0.2, -0.15) is 5.10 Å². The topological polar surface area (TPSA) is 115 Å². The first-order chi connectivity index (χ1) is 17.8. The summed E-state index contributed by atoms with van der Waals surface area (Å²) in [6, 6.07) is 17.3. The van der Waals surface area contributed by atoms with E-state index in [4.69, 9.17) is 10.5 Å². The third-order valence-electron chi connectivity index (χ3n) is 5.70. The lowest BCUT2D eigenvalue weighted by Crippen LogP contribution is -2.11. The highest BCUT2D eigenvalue weighted by Gasteiger charge is 2.12. The molecule has 0 saturated heterocycles. The maximum atomic E-state index is 10.9. The number of allylic oxidation sites excluding steroid dienone is 1. The number of carbonyl (C=O) groups excluding carboxylic acids is 2. The number of amides is 1. The lowest BCUT2D eigenvalue weighted by Gasteiger charge is -2.09. The van der Waals surface area contributed by atoms with Gasteiger partial charge in [0.2, 0.25) is 5.91 Å². The molecule has 1 amide bonds. The molecule has 0 spiro atoms. The molecular formula is C29H35N5O3. The summed E-state index contributed by atoms with van der Waals surface area (Å²) in [7, 11) is 3.72. The molecule has 0 aliphatic heterocycles. The Balaban J connectivity index is 0.000000266. The monoisotopic (exact) mass is 501 g/mol. The molecule has 0 saturated carbocycles. The highest BCUT2D eigenvalue weighted by molar-refractivity contribution is 5.92. The fourth-order valence-electron chi connectivity index (χ4n) is 3.92. The molecule has 2 heterocycles. The van der Waals surface area contributed by atoms with Gasteiger partial charge in [0.15, 0.2) is 6.29 Å². The van der Waals surface area contributed by atoms with Gasteiger partial charge >= 0.3 is 0 Å². The first-order valence-electron chi connectivity index (χ1n) is 12.2. The van der Waals surface area contributed by atoms with Crippen molar-refractivity contribution in [3.63, 3.8) is 0 Å². The zero-order valence-corrected chi connectivity index (χ0v) is 22.1. The third kappa shape index (κ3) is 6.95. The van der Waals surface area contributed by atoms with Crippen molar-refractivity contribution in [2.45, 2.75) is 33.7 Å². The SMILES string of the molecule is CCCOC(=C(C)C)c1cc2cc(-c3cc(C=O)nn3C)ccc2[nH]1.CNCc1ccc(C(N)=O)cc1. The van der Waals surface area contributed by atoms with Gasteiger partial charge in [0, 0.05) is 35.6 Å². The number of fused-ring (bicyclic) bond motifs is 1. The van der Waals surface area contributed by atoms with Crippen molar-refractivity contribution in [1.29, 1.82) is 0 Å². The first kappa shape index (κ1) is 27.4. The number of hydrogen-bond acceptors (Lipinski definition) is 5. The molecule has 0 fully saturated rings. The number of rotatable bonds is 9. The van der Waals surface area contributed by atoms with E-state index in [-0.39, 0.29) is 5.91 Å². The summed E-state index contributed by atoms with van der Waals surface area (Å²) in [6.45, 7) is 7.71. The van der Waals surface area contributed by atoms with Crippen molar-refractivity contribution in [3.05, 3.63) is 82.7 Å². The van der Waals surface area contributed by atoms with Crippen LogP contribution in [-0.2, 0) is 18.3 Å². The standard InChI is InChI=1S/C20H23N3O2.C9H12N2O/c1-5-8-25-20(13(2)3)18-10-15-9-14(6-7-17(15)21-18)19-11-16(12-24)22-23(19)4;1-11-6-7-2-4-8(5-3-7)9(10)12/h6-7,9-12,21H,5,8H2,1-4H3;2-5,11H,6H2,1H3,(H2,10,12). The van der Waals surface area contributed by atoms with E-state index in [0.29, 0.717) is 17.9 Å². The average Bonchev–Trinajstić information content (AvgIpc) is 3.47. The van der Waals surface area contributed by atoms with Gasteiger partial charge < -0.3 is 20.8 Å². The van der Waals surface area contributed by atoms with Crippen molar-refractivity contribution in [2.75, 3.05) is 13.7 Å². The molecule has 2 aromatic heterocycles. The Labute approximate surface area is 217 Å². The average molecular weight is 502 g/mol. The number of nitrogens with one attached hydrogen (secondary N) is 2. The molecule has 194 valence electrons. The Hall–Kier alpha value is -4.17. The summed E-state index contributed by atoms with van der Waals surface area (Å²) in [5, 5.41) is 8.30. The van der Waals surface area contributed by atoms with Crippen molar-refractivity contribution >= 4 is 28.9 Å². The molecule has 0 radical (unpaired) electrons. The lowest BCUT2D eigenvalue weighted by atomic mass is 10.1. The number of aromatic amines is 1. The van der Waals surface area contributed by atoms with Crippen molar-refractivity contribution in [1.82, 2.24) is 20.1 Å². The quantitative estimate of drug-likeness (QED) is 0.219. The number of benzene rings is 2. The van der Waals surface area contributed by atoms with Crippen LogP contribution in [0.15, 0.2) is 60.2 Å². The highest BCUT2D eigenvalue weighted by Crippen LogP contribution is 2.28. The predicted octanol–water partition coefficient (Wildman–Crippen LogP) is 5.06. The molecule has 4 aromatic rings. The molecule has 8 heteroatoms. The fourth-order valence-corrected chi connectivity index (χ4v) is 3.92. The minimum Gasteiger partial charge on any atom is -0.491 e. The maximum Gasteiger partial charge on any atom is 0.248 e. The van der Waals surface area contributed by atoms with Gasteiger partial charge in [-0.05, 0) is 74.9 Å². The van der Waals surface area contributed by atoms with Crippen LogP contribution in [0.5, 0.6) is 0 Å². The Morgan fingerprint density at radius 3 is 2.43 bits per heavy atom. The second-order valence-corrected chi connectivity index (χ2v) is 8.95. The number of hydrogen-bond donors (Lipinski definition) is 3. The van der Waals surface area contributed by atoms with Crippen LogP contribution in [0.4, 0.5) is 0 Å². The molecule has 8 nitrogen and oxygen atoms in total. The minimum absolute atomic E-state index is 0.383. The van der Waals surface area contributed by atoms with Gasteiger partial charge in [0.1, 0.15) is 11.5 Å². The Morgan fingerprint density at radius 2 is 1.86 bits per heavy atom. The predicted molar refractivity (Wildman–Crippen MR) is 148 cm³/mol. The van der Waals surface area contributed by atoms with Crippen molar-refractivity contribution in [2.24, 2.45) is 12.8 Å². The number of nitrogens with zero attached hydrogens (tertiary/aromatic N) is 2. The summed E-state index contributed by atoms with van der Waals surface area (Å²) < 4.78 is 7.64. The van der Waals surface area contributed by atoms with Crippen LogP contribution in [0.25, 0.3) is 27.9 Å². The number of aldehydes is 1. The summed E-state index contributed by atoms with van der Waals surface area (Å²) >= 11 is 0. The minimum atomic E-state index is -0.383. The van der Waals surface area contributed by atoms with E-state index in [2.05, 4.69) is 48.3 Å². The van der Waals surface area contributed by atoms with Crippen LogP contribution in [0.2, 0.25) is 0 Å². The Morgan fingerprint density at radius 1 is 1.14 bits per heavy atom. The second kappa shape index (κ2) is 12.7. The van der Waals surface area contributed by atoms with Gasteiger partial charge in [-0.1, -0.05) is 25.1 Å². The summed E-state index contributed by atoms with van der Waals surface area (Å²) in [6.07, 6.45) is 1.74. The number of aromatic nitrogens is 3. The normalized spacial score (nSPS) is 10.5. The third-order valence-corrected chi connectivity index (χ3v) is 5.70. The maximum absolute atomic E-state index is 10.9. The largest absolute Gasteiger partial charge is 0.491 e. The van der Waals surface area contributed by atoms with Crippen LogP contribution in [-0.4, -0.2) is 40.6 Å². The zero-order chi connectivity index (χ0) is 26.9. The lowest BCUT2D eigenvalue weighted by molar-refractivity contribution is 0.0999. The van der Waals surface area contributed by atoms with E-state index in [0.717, 1.165) is 64.0 Å². The molecule has 37 heavy (non-hydrogen) atoms. The molecule has 2 aromatic carbocycles. The van der Waals surface area contributed by atoms with E-state index in [1.807, 2.05) is 38.4 Å². The second-order valence-electron chi connectivity index (χ2n) is 8.95. The molecular weight excluding hydrogens is 466 g/mol. The smallest absolute Gasteiger partial charge is 0.248 e. The van der Waals surface area contributed by atoms with Crippen molar-refractivity contribution < 1.29 is 14.3 Å². The fraction of sp³-hybridized carbons (Fsp3) is 0.276. The van der Waals surface area contributed by atoms with Gasteiger partial charge in [-0.3, -0.25) is 14.3 Å². The number of ether oxygens (including phenoxy) is 1. The van der Waals surface area contributed by atoms with Crippen LogP contribution >= 0.6 is 0 Å². The number of H-pyrrole nitrogens is 1. The van der Waals surface area contributed by atoms with Crippen LogP contribution in [0.3, 0.4) is 0 Å². The van der Waals surface area contributed by atoms with Crippen LogP contribution in [0, 0.1) is 0 Å². The number of nitrogens with two attached hydrogens (primary N) is 1. The molecule has 0 aliphatic carbocycles. The van der Waals surface area contributed by atoms with E-state index in [1.165, 1.54) is 0 Å². The molecule has 4 N–H and O–H groups in total. The zero-order valence-electron chi connectivity index (χ0n) is 22.1. The van der Waals surface area contributed by atoms with E-state index < -0.39 is 0 Å². The summed E-state index contributed by atoms with van der Waals surface area (Å²) in [5.41, 5.74) is 12.3. The van der Waals surface area contributed by atoms with Crippen LogP contribution < -0.4 is 11.1 Å². The highest BCUT2D eigenvalue weighted by atomic mass is 16.5. The van der Waals surface area contributed by atoms with Gasteiger partial charge in [-0.15, -0.1) is 0 Å². The summed E-state index contributed by atoms with van der Waals surface area (Å²) in [4.78, 5) is 25.1. The Kier molecular flexibility index (Phi) is 9.40. The molecule has 0 atom stereocenters. The van der Waals surface area contributed by atoms with Gasteiger partial charge in [0.05, 0.1) is 18.0 Å². The number of carbonyl (C=O) groups is 2. The number of aryl methyl sites for hydroxylation is 1. The molecule has 0 bridgehead atoms. The van der Waals surface area contributed by atoms with Crippen LogP contribution in [0.1, 0.15) is 59.3 Å². The van der Waals surface area contributed by atoms with E-state index >= 15 is 0 Å². The summed E-state index contributed by atoms with van der Waals surface area (Å²) in [5.74, 6) is 0.523. The molecule has 0 unspecified atom stereocenters. The van der Waals surface area contributed by atoms with Gasteiger partial charge in [0.25, 0.3) is 0 Å². The molecule has 0 aliphatic rings. The molecule has 4 rings (SSSR count).